The molecule has 0 atom stereocenters. The predicted octanol–water partition coefficient (Wildman–Crippen LogP) is 16.1. The predicted molar refractivity (Wildman–Crippen MR) is 267 cm³/mol. The maximum Gasteiger partial charge on any atom is 0.0561 e. The van der Waals surface area contributed by atoms with Gasteiger partial charge in [-0.3, -0.25) is 0 Å². The molecule has 3 heteroatoms. The SMILES string of the molecule is c1ccc(-c2ccc3c4ccccc4c4cc(-n5c6ccc(-n7c8ccccc8c8ccccc87)cc6c6ccc(-n7c8ccccc8c8ccccc87)cc65)ccc4c3c2)cc1. The van der Waals surface area contributed by atoms with Crippen molar-refractivity contribution in [2.24, 2.45) is 0 Å². The maximum atomic E-state index is 2.50. The van der Waals surface area contributed by atoms with E-state index < -0.39 is 0 Å². The van der Waals surface area contributed by atoms with Crippen LogP contribution in [0.3, 0.4) is 0 Å². The quantitative estimate of drug-likeness (QED) is 0.158. The second kappa shape index (κ2) is 13.1. The Morgan fingerprint density at radius 1 is 0.175 bits per heavy atom. The van der Waals surface area contributed by atoms with Gasteiger partial charge in [-0.05, 0) is 116 Å². The molecule has 0 saturated carbocycles. The van der Waals surface area contributed by atoms with E-state index in [9.17, 15) is 0 Å². The van der Waals surface area contributed by atoms with Gasteiger partial charge in [0.25, 0.3) is 0 Å². The molecule has 3 nitrogen and oxygen atoms in total. The molecule has 0 unspecified atom stereocenters. The average Bonchev–Trinajstić information content (AvgIpc) is 3.99. The highest BCUT2D eigenvalue weighted by Gasteiger charge is 2.20. The fourth-order valence-electron chi connectivity index (χ4n) is 10.8. The van der Waals surface area contributed by atoms with Crippen LogP contribution in [0.15, 0.2) is 224 Å². The molecular formula is C60H37N3. The van der Waals surface area contributed by atoms with Crippen molar-refractivity contribution in [1.29, 1.82) is 0 Å². The minimum atomic E-state index is 1.13. The Labute approximate surface area is 362 Å². The van der Waals surface area contributed by atoms with E-state index in [0.717, 1.165) is 17.1 Å². The molecule has 14 aromatic rings. The Morgan fingerprint density at radius 3 is 1.11 bits per heavy atom. The van der Waals surface area contributed by atoms with E-state index in [0.29, 0.717) is 0 Å². The van der Waals surface area contributed by atoms with Gasteiger partial charge in [0.15, 0.2) is 0 Å². The van der Waals surface area contributed by atoms with Crippen LogP contribution in [0, 0.1) is 0 Å². The van der Waals surface area contributed by atoms with Crippen molar-refractivity contribution in [3.63, 3.8) is 0 Å². The zero-order valence-corrected chi connectivity index (χ0v) is 34.2. The number of rotatable bonds is 4. The summed E-state index contributed by atoms with van der Waals surface area (Å²) in [7, 11) is 0. The van der Waals surface area contributed by atoms with E-state index in [1.165, 1.54) is 109 Å². The van der Waals surface area contributed by atoms with Crippen LogP contribution in [0.5, 0.6) is 0 Å². The lowest BCUT2D eigenvalue weighted by molar-refractivity contribution is 1.15. The van der Waals surface area contributed by atoms with E-state index >= 15 is 0 Å². The van der Waals surface area contributed by atoms with Gasteiger partial charge in [0, 0.05) is 49.4 Å². The number of hydrogen-bond donors (Lipinski definition) is 0. The highest BCUT2D eigenvalue weighted by Crippen LogP contribution is 2.42. The maximum absolute atomic E-state index is 2.50. The summed E-state index contributed by atoms with van der Waals surface area (Å²) < 4.78 is 7.35. The molecule has 63 heavy (non-hydrogen) atoms. The summed E-state index contributed by atoms with van der Waals surface area (Å²) in [5, 5.41) is 15.0. The number of benzene rings is 11. The molecule has 0 radical (unpaired) electrons. The molecule has 0 N–H and O–H groups in total. The van der Waals surface area contributed by atoms with Crippen molar-refractivity contribution in [2.75, 3.05) is 0 Å². The van der Waals surface area contributed by atoms with Crippen LogP contribution in [0.4, 0.5) is 0 Å². The minimum absolute atomic E-state index is 1.13. The van der Waals surface area contributed by atoms with Gasteiger partial charge >= 0.3 is 0 Å². The molecule has 0 aliphatic rings. The van der Waals surface area contributed by atoms with Crippen molar-refractivity contribution in [3.05, 3.63) is 224 Å². The van der Waals surface area contributed by atoms with Crippen molar-refractivity contribution < 1.29 is 0 Å². The third-order valence-corrected chi connectivity index (χ3v) is 13.6. The second-order valence-corrected chi connectivity index (χ2v) is 16.9. The summed E-state index contributed by atoms with van der Waals surface area (Å²) >= 11 is 0. The molecule has 0 spiro atoms. The fourth-order valence-corrected chi connectivity index (χ4v) is 10.8. The monoisotopic (exact) mass is 799 g/mol. The van der Waals surface area contributed by atoms with Crippen molar-refractivity contribution in [3.8, 4) is 28.2 Å². The van der Waals surface area contributed by atoms with E-state index in [2.05, 4.69) is 238 Å². The summed E-state index contributed by atoms with van der Waals surface area (Å²) in [6.07, 6.45) is 0. The average molecular weight is 800 g/mol. The Balaban J connectivity index is 1.07. The smallest absolute Gasteiger partial charge is 0.0561 e. The first kappa shape index (κ1) is 34.3. The molecule has 0 bridgehead atoms. The van der Waals surface area contributed by atoms with Crippen LogP contribution in [0.2, 0.25) is 0 Å². The largest absolute Gasteiger partial charge is 0.309 e. The van der Waals surface area contributed by atoms with Crippen LogP contribution in [-0.2, 0) is 0 Å². The summed E-state index contributed by atoms with van der Waals surface area (Å²) in [6, 6.07) is 82.9. The zero-order valence-electron chi connectivity index (χ0n) is 34.2. The number of aromatic nitrogens is 3. The molecular weight excluding hydrogens is 763 g/mol. The van der Waals surface area contributed by atoms with Gasteiger partial charge in [-0.15, -0.1) is 0 Å². The first-order chi connectivity index (χ1) is 31.3. The summed E-state index contributed by atoms with van der Waals surface area (Å²) in [5.41, 5.74) is 13.0. The van der Waals surface area contributed by atoms with Crippen molar-refractivity contribution in [1.82, 2.24) is 13.7 Å². The molecule has 0 aliphatic heterocycles. The van der Waals surface area contributed by atoms with Gasteiger partial charge in [0.2, 0.25) is 0 Å². The summed E-state index contributed by atoms with van der Waals surface area (Å²) in [4.78, 5) is 0. The van der Waals surface area contributed by atoms with E-state index in [-0.39, 0.29) is 0 Å². The fraction of sp³-hybridized carbons (Fsp3) is 0. The Morgan fingerprint density at radius 2 is 0.524 bits per heavy atom. The molecule has 3 aromatic heterocycles. The standard InChI is InChI=1S/C60H37N3/c1-2-14-38(15-3-1)39-26-30-45-43-16-4-5-17-44(43)53-35-40(27-31-46(53)52(45)34-39)63-59-33-29-41(61-55-22-10-6-18-47(55)48-19-7-11-23-56(48)61)36-54(59)51-32-28-42(37-60(51)63)62-57-24-12-8-20-49(57)50-21-9-13-25-58(50)62/h1-37H. The van der Waals surface area contributed by atoms with Crippen molar-refractivity contribution >= 4 is 97.7 Å². The van der Waals surface area contributed by atoms with E-state index in [1.807, 2.05) is 0 Å². The van der Waals surface area contributed by atoms with Gasteiger partial charge in [0.05, 0.1) is 33.1 Å². The molecule has 292 valence electrons. The topological polar surface area (TPSA) is 14.8 Å². The molecule has 0 amide bonds. The van der Waals surface area contributed by atoms with Crippen LogP contribution < -0.4 is 0 Å². The lowest BCUT2D eigenvalue weighted by atomic mass is 9.92. The normalized spacial score (nSPS) is 12.1. The van der Waals surface area contributed by atoms with Gasteiger partial charge in [-0.2, -0.15) is 0 Å². The minimum Gasteiger partial charge on any atom is -0.309 e. The first-order valence-corrected chi connectivity index (χ1v) is 21.8. The Kier molecular flexibility index (Phi) is 7.11. The third kappa shape index (κ3) is 4.90. The molecule has 3 heterocycles. The van der Waals surface area contributed by atoms with Gasteiger partial charge in [-0.1, -0.05) is 152 Å². The van der Waals surface area contributed by atoms with Gasteiger partial charge < -0.3 is 13.7 Å². The zero-order chi connectivity index (χ0) is 41.2. The van der Waals surface area contributed by atoms with Crippen LogP contribution in [-0.4, -0.2) is 13.7 Å². The highest BCUT2D eigenvalue weighted by atomic mass is 15.0. The molecule has 14 rings (SSSR count). The third-order valence-electron chi connectivity index (χ3n) is 13.6. The van der Waals surface area contributed by atoms with Crippen LogP contribution in [0.1, 0.15) is 0 Å². The van der Waals surface area contributed by atoms with E-state index in [1.54, 1.807) is 0 Å². The van der Waals surface area contributed by atoms with Crippen LogP contribution in [0.25, 0.3) is 126 Å². The number of hydrogen-bond acceptors (Lipinski definition) is 0. The number of nitrogens with zero attached hydrogens (tertiary/aromatic N) is 3. The van der Waals surface area contributed by atoms with Gasteiger partial charge in [-0.25, -0.2) is 0 Å². The summed E-state index contributed by atoms with van der Waals surface area (Å²) in [6.45, 7) is 0. The van der Waals surface area contributed by atoms with Gasteiger partial charge in [0.1, 0.15) is 0 Å². The van der Waals surface area contributed by atoms with Crippen molar-refractivity contribution in [2.45, 2.75) is 0 Å². The molecule has 0 saturated heterocycles. The second-order valence-electron chi connectivity index (χ2n) is 16.9. The highest BCUT2D eigenvalue weighted by molar-refractivity contribution is 6.26. The number of fused-ring (bicyclic) bond motifs is 15. The molecule has 0 aliphatic carbocycles. The Bertz CT molecular complexity index is 4090. The van der Waals surface area contributed by atoms with Crippen LogP contribution >= 0.6 is 0 Å². The summed E-state index contributed by atoms with van der Waals surface area (Å²) in [5.74, 6) is 0. The first-order valence-electron chi connectivity index (χ1n) is 21.8. The molecule has 11 aromatic carbocycles. The number of para-hydroxylation sites is 4. The van der Waals surface area contributed by atoms with E-state index in [4.69, 9.17) is 0 Å². The molecule has 0 fully saturated rings. The lowest BCUT2D eigenvalue weighted by Crippen LogP contribution is -1.98. The Hall–Kier alpha value is -8.40. The lowest BCUT2D eigenvalue weighted by Gasteiger charge is -2.15.